The summed E-state index contributed by atoms with van der Waals surface area (Å²) in [6.45, 7) is 6.15. The summed E-state index contributed by atoms with van der Waals surface area (Å²) in [6.07, 6.45) is 1.58. The van der Waals surface area contributed by atoms with E-state index in [4.69, 9.17) is 10.2 Å². The Bertz CT molecular complexity index is 643. The lowest BCUT2D eigenvalue weighted by atomic mass is 10.1. The minimum absolute atomic E-state index is 0.131. The maximum atomic E-state index is 5.74. The summed E-state index contributed by atoms with van der Waals surface area (Å²) in [5.74, 6) is 0.707. The molecule has 5 heteroatoms. The highest BCUT2D eigenvalue weighted by Gasteiger charge is 2.09. The first-order valence-corrected chi connectivity index (χ1v) is 5.98. The van der Waals surface area contributed by atoms with Crippen LogP contribution in [-0.4, -0.2) is 11.3 Å². The monoisotopic (exact) mass is 261 g/mol. The molecule has 0 atom stereocenters. The van der Waals surface area contributed by atoms with Crippen LogP contribution in [0.3, 0.4) is 0 Å². The predicted molar refractivity (Wildman–Crippen MR) is 77.9 cm³/mol. The van der Waals surface area contributed by atoms with Gasteiger partial charge in [-0.2, -0.15) is 5.10 Å². The van der Waals surface area contributed by atoms with E-state index in [2.05, 4.69) is 42.7 Å². The predicted octanol–water partition coefficient (Wildman–Crippen LogP) is 2.53. The van der Waals surface area contributed by atoms with Crippen LogP contribution in [-0.2, 0) is 0 Å². The summed E-state index contributed by atoms with van der Waals surface area (Å²) in [5.41, 5.74) is 12.2. The Morgan fingerprint density at radius 1 is 1.33 bits per heavy atom. The normalized spacial score (nSPS) is 11.3. The fourth-order valence-corrected chi connectivity index (χ4v) is 1.83. The Morgan fingerprint density at radius 2 is 2.00 bits per heavy atom. The van der Waals surface area contributed by atoms with Gasteiger partial charge in [0, 0.05) is 10.9 Å². The molecule has 0 amide bonds. The van der Waals surface area contributed by atoms with Crippen molar-refractivity contribution in [3.8, 4) is 0 Å². The molecular weight excluding hydrogens is 246 g/mol. The smallest absolute Gasteiger partial charge is 0.184 e. The van der Waals surface area contributed by atoms with Gasteiger partial charge >= 0.3 is 0 Å². The molecule has 2 rings (SSSR count). The van der Waals surface area contributed by atoms with E-state index in [0.29, 0.717) is 5.76 Å². The first-order valence-electron chi connectivity index (χ1n) is 5.58. The molecule has 0 spiro atoms. The number of hydrogen-bond donors (Lipinski definition) is 2. The van der Waals surface area contributed by atoms with E-state index in [9.17, 15) is 0 Å². The fraction of sp³-hybridized carbons (Fsp3) is 0.231. The van der Waals surface area contributed by atoms with Gasteiger partial charge in [0.25, 0.3) is 0 Å². The lowest BCUT2D eigenvalue weighted by Gasteiger charge is -1.98. The van der Waals surface area contributed by atoms with Crippen molar-refractivity contribution in [3.63, 3.8) is 0 Å². The molecule has 94 valence electrons. The summed E-state index contributed by atoms with van der Waals surface area (Å²) in [4.78, 5) is 0. The van der Waals surface area contributed by atoms with Crippen molar-refractivity contribution in [3.05, 3.63) is 34.6 Å². The lowest BCUT2D eigenvalue weighted by Crippen LogP contribution is -2.23. The largest absolute Gasteiger partial charge is 0.455 e. The Labute approximate surface area is 111 Å². The van der Waals surface area contributed by atoms with Gasteiger partial charge in [0.2, 0.25) is 0 Å². The van der Waals surface area contributed by atoms with Crippen LogP contribution in [0.2, 0.25) is 0 Å². The molecular formula is C13H15N3OS. The van der Waals surface area contributed by atoms with E-state index in [-0.39, 0.29) is 5.11 Å². The van der Waals surface area contributed by atoms with Crippen LogP contribution < -0.4 is 11.2 Å². The SMILES string of the molecule is Cc1cc2oc(/C=N/NC(N)=S)c(C)c2cc1C. The zero-order valence-corrected chi connectivity index (χ0v) is 11.4. The number of fused-ring (bicyclic) bond motifs is 1. The summed E-state index contributed by atoms with van der Waals surface area (Å²) >= 11 is 4.66. The van der Waals surface area contributed by atoms with E-state index < -0.39 is 0 Å². The molecule has 4 nitrogen and oxygen atoms in total. The molecule has 1 aromatic carbocycles. The summed E-state index contributed by atoms with van der Waals surface area (Å²) in [5, 5.41) is 5.14. The van der Waals surface area contributed by atoms with Crippen LogP contribution in [0, 0.1) is 20.8 Å². The van der Waals surface area contributed by atoms with Gasteiger partial charge in [0.1, 0.15) is 5.58 Å². The molecule has 0 saturated carbocycles. The van der Waals surface area contributed by atoms with Gasteiger partial charge in [0.15, 0.2) is 10.9 Å². The Hall–Kier alpha value is -1.88. The molecule has 3 N–H and O–H groups in total. The molecule has 18 heavy (non-hydrogen) atoms. The Kier molecular flexibility index (Phi) is 3.34. The van der Waals surface area contributed by atoms with Crippen molar-refractivity contribution in [2.75, 3.05) is 0 Å². The maximum Gasteiger partial charge on any atom is 0.184 e. The van der Waals surface area contributed by atoms with Crippen molar-refractivity contribution in [2.45, 2.75) is 20.8 Å². The van der Waals surface area contributed by atoms with Crippen molar-refractivity contribution < 1.29 is 4.42 Å². The standard InChI is InChI=1S/C13H15N3OS/c1-7-4-10-9(3)12(6-15-16-13(14)18)17-11(10)5-8(7)2/h4-6H,1-3H3,(H3,14,16,18)/b15-6+. The van der Waals surface area contributed by atoms with Crippen molar-refractivity contribution in [1.29, 1.82) is 0 Å². The molecule has 0 radical (unpaired) electrons. The topological polar surface area (TPSA) is 63.5 Å². The molecule has 1 heterocycles. The first kappa shape index (κ1) is 12.6. The summed E-state index contributed by atoms with van der Waals surface area (Å²) < 4.78 is 5.74. The minimum Gasteiger partial charge on any atom is -0.455 e. The summed E-state index contributed by atoms with van der Waals surface area (Å²) in [6, 6.07) is 4.16. The Balaban J connectivity index is 2.44. The van der Waals surface area contributed by atoms with Gasteiger partial charge in [-0.3, -0.25) is 5.43 Å². The molecule has 0 fully saturated rings. The molecule has 2 aromatic rings. The zero-order valence-electron chi connectivity index (χ0n) is 10.6. The number of rotatable bonds is 2. The van der Waals surface area contributed by atoms with E-state index >= 15 is 0 Å². The average Bonchev–Trinajstić information content (AvgIpc) is 2.57. The highest BCUT2D eigenvalue weighted by molar-refractivity contribution is 7.80. The maximum absolute atomic E-state index is 5.74. The molecule has 1 aromatic heterocycles. The van der Waals surface area contributed by atoms with Gasteiger partial charge in [-0.1, -0.05) is 0 Å². The lowest BCUT2D eigenvalue weighted by molar-refractivity contribution is 0.604. The first-order chi connectivity index (χ1) is 8.49. The van der Waals surface area contributed by atoms with Crippen molar-refractivity contribution >= 4 is 34.5 Å². The van der Waals surface area contributed by atoms with Gasteiger partial charge < -0.3 is 10.2 Å². The second-order valence-corrected chi connectivity index (χ2v) is 4.70. The number of hydrogen-bond acceptors (Lipinski definition) is 3. The van der Waals surface area contributed by atoms with Crippen LogP contribution in [0.5, 0.6) is 0 Å². The third-order valence-electron chi connectivity index (χ3n) is 2.95. The van der Waals surface area contributed by atoms with Crippen LogP contribution >= 0.6 is 12.2 Å². The highest BCUT2D eigenvalue weighted by atomic mass is 32.1. The van der Waals surface area contributed by atoms with Crippen LogP contribution in [0.4, 0.5) is 0 Å². The highest BCUT2D eigenvalue weighted by Crippen LogP contribution is 2.26. The third kappa shape index (κ3) is 2.36. The second-order valence-electron chi connectivity index (χ2n) is 4.26. The van der Waals surface area contributed by atoms with Crippen LogP contribution in [0.1, 0.15) is 22.5 Å². The van der Waals surface area contributed by atoms with Gasteiger partial charge in [-0.25, -0.2) is 0 Å². The third-order valence-corrected chi connectivity index (χ3v) is 3.04. The fourth-order valence-electron chi connectivity index (χ4n) is 1.77. The number of nitrogens with zero attached hydrogens (tertiary/aromatic N) is 1. The van der Waals surface area contributed by atoms with E-state index in [1.54, 1.807) is 6.21 Å². The van der Waals surface area contributed by atoms with Gasteiger partial charge in [0.05, 0.1) is 6.21 Å². The van der Waals surface area contributed by atoms with Gasteiger partial charge in [-0.05, 0) is 56.2 Å². The molecule has 0 saturated heterocycles. The van der Waals surface area contributed by atoms with Crippen molar-refractivity contribution in [1.82, 2.24) is 5.43 Å². The number of furan rings is 1. The molecule has 0 aliphatic heterocycles. The average molecular weight is 261 g/mol. The number of hydrazone groups is 1. The van der Waals surface area contributed by atoms with E-state index in [0.717, 1.165) is 16.5 Å². The van der Waals surface area contributed by atoms with Gasteiger partial charge in [-0.15, -0.1) is 0 Å². The molecule has 0 aliphatic carbocycles. The molecule has 0 unspecified atom stereocenters. The molecule has 0 bridgehead atoms. The van der Waals surface area contributed by atoms with E-state index in [1.807, 2.05) is 13.0 Å². The zero-order chi connectivity index (χ0) is 13.3. The summed E-state index contributed by atoms with van der Waals surface area (Å²) in [7, 11) is 0. The van der Waals surface area contributed by atoms with Crippen LogP contribution in [0.15, 0.2) is 21.7 Å². The number of benzene rings is 1. The number of nitrogens with one attached hydrogen (secondary N) is 1. The number of nitrogens with two attached hydrogens (primary N) is 1. The number of thiocarbonyl (C=S) groups is 1. The quantitative estimate of drug-likeness (QED) is 0.495. The minimum atomic E-state index is 0.131. The second kappa shape index (κ2) is 4.78. The van der Waals surface area contributed by atoms with Crippen LogP contribution in [0.25, 0.3) is 11.0 Å². The number of aryl methyl sites for hydroxylation is 3. The van der Waals surface area contributed by atoms with E-state index in [1.165, 1.54) is 11.1 Å². The van der Waals surface area contributed by atoms with Crippen molar-refractivity contribution in [2.24, 2.45) is 10.8 Å². The molecule has 0 aliphatic rings. The Morgan fingerprint density at radius 3 is 2.67 bits per heavy atom.